The van der Waals surface area contributed by atoms with E-state index in [9.17, 15) is 8.42 Å². The Morgan fingerprint density at radius 1 is 1.37 bits per heavy atom. The van der Waals surface area contributed by atoms with Crippen molar-refractivity contribution in [3.8, 4) is 11.8 Å². The minimum absolute atomic E-state index is 0.205. The molecular weight excluding hydrogens is 266 g/mol. The smallest absolute Gasteiger partial charge is 0.302 e. The van der Waals surface area contributed by atoms with E-state index in [1.54, 1.807) is 32.0 Å². The lowest BCUT2D eigenvalue weighted by molar-refractivity contribution is 0.350. The molecule has 1 heterocycles. The van der Waals surface area contributed by atoms with Crippen LogP contribution in [0.5, 0.6) is 0 Å². The summed E-state index contributed by atoms with van der Waals surface area (Å²) >= 11 is 0. The maximum absolute atomic E-state index is 12.0. The lowest BCUT2D eigenvalue weighted by Gasteiger charge is -2.18. The molecule has 1 aromatic rings. The summed E-state index contributed by atoms with van der Waals surface area (Å²) in [7, 11) is -3.59. The van der Waals surface area contributed by atoms with Gasteiger partial charge in [0.15, 0.2) is 0 Å². The number of rotatable bonds is 5. The fraction of sp³-hybridized carbons (Fsp3) is 0.417. The number of aliphatic hydroxyl groups excluding tert-OH is 1. The second kappa shape index (κ2) is 7.09. The van der Waals surface area contributed by atoms with Crippen molar-refractivity contribution in [3.63, 3.8) is 0 Å². The Morgan fingerprint density at radius 3 is 2.63 bits per heavy atom. The Labute approximate surface area is 113 Å². The maximum Gasteiger partial charge on any atom is 0.302 e. The third kappa shape index (κ3) is 4.52. The third-order valence-electron chi connectivity index (χ3n) is 2.32. The first kappa shape index (κ1) is 15.4. The van der Waals surface area contributed by atoms with Gasteiger partial charge in [-0.05, 0) is 18.1 Å². The van der Waals surface area contributed by atoms with Gasteiger partial charge in [-0.2, -0.15) is 12.7 Å². The summed E-state index contributed by atoms with van der Waals surface area (Å²) in [5.74, 6) is 5.28. The standard InChI is InChI=1S/C12H17N3O3S/c1-3-15(4-2)19(17,18)14-12-9-5-7-11(13-12)8-6-10-16/h5,7,9,16H,3-4,10H2,1-2H3,(H,13,14). The third-order valence-corrected chi connectivity index (χ3v) is 3.99. The molecule has 0 atom stereocenters. The summed E-state index contributed by atoms with van der Waals surface area (Å²) in [4.78, 5) is 4.04. The lowest BCUT2D eigenvalue weighted by Crippen LogP contribution is -2.35. The van der Waals surface area contributed by atoms with Gasteiger partial charge in [-0.15, -0.1) is 0 Å². The summed E-state index contributed by atoms with van der Waals surface area (Å²) in [6.07, 6.45) is 0. The molecule has 0 saturated heterocycles. The summed E-state index contributed by atoms with van der Waals surface area (Å²) < 4.78 is 27.7. The fourth-order valence-corrected chi connectivity index (χ4v) is 2.64. The van der Waals surface area contributed by atoms with Crippen LogP contribution < -0.4 is 4.72 Å². The molecule has 0 aliphatic heterocycles. The molecule has 104 valence electrons. The van der Waals surface area contributed by atoms with Crippen LogP contribution in [-0.2, 0) is 10.2 Å². The van der Waals surface area contributed by atoms with Crippen LogP contribution in [0.15, 0.2) is 18.2 Å². The van der Waals surface area contributed by atoms with Crippen molar-refractivity contribution in [3.05, 3.63) is 23.9 Å². The molecule has 6 nitrogen and oxygen atoms in total. The Kier molecular flexibility index (Phi) is 5.76. The molecule has 0 amide bonds. The lowest BCUT2D eigenvalue weighted by atomic mass is 10.3. The SMILES string of the molecule is CCN(CC)S(=O)(=O)Nc1cccc(C#CCO)n1. The van der Waals surface area contributed by atoms with Crippen molar-refractivity contribution >= 4 is 16.0 Å². The minimum atomic E-state index is -3.59. The van der Waals surface area contributed by atoms with Crippen molar-refractivity contribution < 1.29 is 13.5 Å². The minimum Gasteiger partial charge on any atom is -0.384 e. The normalized spacial score (nSPS) is 10.9. The molecule has 1 rings (SSSR count). The topological polar surface area (TPSA) is 82.5 Å². The first-order valence-electron chi connectivity index (χ1n) is 5.88. The fourth-order valence-electron chi connectivity index (χ4n) is 1.45. The highest BCUT2D eigenvalue weighted by molar-refractivity contribution is 7.90. The average molecular weight is 283 g/mol. The second-order valence-corrected chi connectivity index (χ2v) is 5.23. The van der Waals surface area contributed by atoms with Gasteiger partial charge in [0.2, 0.25) is 0 Å². The van der Waals surface area contributed by atoms with E-state index in [4.69, 9.17) is 5.11 Å². The van der Waals surface area contributed by atoms with Crippen LogP contribution in [0.4, 0.5) is 5.82 Å². The molecule has 0 spiro atoms. The molecular formula is C12H17N3O3S. The van der Waals surface area contributed by atoms with Crippen LogP contribution in [0.2, 0.25) is 0 Å². The number of nitrogens with one attached hydrogen (secondary N) is 1. The summed E-state index contributed by atoms with van der Waals surface area (Å²) in [5, 5.41) is 8.60. The van der Waals surface area contributed by atoms with Gasteiger partial charge in [-0.1, -0.05) is 25.8 Å². The van der Waals surface area contributed by atoms with Gasteiger partial charge in [0.05, 0.1) is 0 Å². The molecule has 0 saturated carbocycles. The van der Waals surface area contributed by atoms with Gasteiger partial charge >= 0.3 is 10.2 Å². The number of hydrogen-bond donors (Lipinski definition) is 2. The van der Waals surface area contributed by atoms with Crippen LogP contribution in [0.25, 0.3) is 0 Å². The second-order valence-electron chi connectivity index (χ2n) is 3.56. The first-order chi connectivity index (χ1) is 9.03. The number of pyridine rings is 1. The van der Waals surface area contributed by atoms with Crippen molar-refractivity contribution in [2.75, 3.05) is 24.4 Å². The number of nitrogens with zero attached hydrogens (tertiary/aromatic N) is 2. The maximum atomic E-state index is 12.0. The predicted octanol–water partition coefficient (Wildman–Crippen LogP) is 0.424. The highest BCUT2D eigenvalue weighted by atomic mass is 32.2. The molecule has 0 bridgehead atoms. The molecule has 0 aliphatic rings. The number of aromatic nitrogens is 1. The van der Waals surface area contributed by atoms with E-state index in [1.165, 1.54) is 4.31 Å². The highest BCUT2D eigenvalue weighted by Gasteiger charge is 2.18. The highest BCUT2D eigenvalue weighted by Crippen LogP contribution is 2.09. The molecule has 0 unspecified atom stereocenters. The van der Waals surface area contributed by atoms with Crippen molar-refractivity contribution in [2.24, 2.45) is 0 Å². The molecule has 0 aliphatic carbocycles. The zero-order valence-electron chi connectivity index (χ0n) is 10.9. The Balaban J connectivity index is 2.94. The zero-order chi connectivity index (χ0) is 14.3. The summed E-state index contributed by atoms with van der Waals surface area (Å²) in [5.41, 5.74) is 0.397. The molecule has 7 heteroatoms. The van der Waals surface area contributed by atoms with Crippen LogP contribution in [0.1, 0.15) is 19.5 Å². The monoisotopic (exact) mass is 283 g/mol. The van der Waals surface area contributed by atoms with Crippen LogP contribution in [0.3, 0.4) is 0 Å². The number of aliphatic hydroxyl groups is 1. The van der Waals surface area contributed by atoms with Crippen molar-refractivity contribution in [1.29, 1.82) is 0 Å². The van der Waals surface area contributed by atoms with E-state index >= 15 is 0 Å². The van der Waals surface area contributed by atoms with Gasteiger partial charge in [-0.25, -0.2) is 4.98 Å². The Morgan fingerprint density at radius 2 is 2.05 bits per heavy atom. The summed E-state index contributed by atoms with van der Waals surface area (Å²) in [6.45, 7) is 4.03. The molecule has 0 radical (unpaired) electrons. The van der Waals surface area contributed by atoms with Gasteiger partial charge in [0.1, 0.15) is 18.1 Å². The van der Waals surface area contributed by atoms with Crippen molar-refractivity contribution in [2.45, 2.75) is 13.8 Å². The van der Waals surface area contributed by atoms with E-state index in [2.05, 4.69) is 21.5 Å². The van der Waals surface area contributed by atoms with Gasteiger partial charge in [-0.3, -0.25) is 4.72 Å². The molecule has 0 aromatic carbocycles. The molecule has 1 aromatic heterocycles. The van der Waals surface area contributed by atoms with E-state index in [0.717, 1.165) is 0 Å². The average Bonchev–Trinajstić information content (AvgIpc) is 2.37. The largest absolute Gasteiger partial charge is 0.384 e. The molecule has 0 fully saturated rings. The molecule has 2 N–H and O–H groups in total. The quantitative estimate of drug-likeness (QED) is 0.767. The molecule has 19 heavy (non-hydrogen) atoms. The van der Waals surface area contributed by atoms with Gasteiger partial charge < -0.3 is 5.11 Å². The van der Waals surface area contributed by atoms with E-state index < -0.39 is 10.2 Å². The van der Waals surface area contributed by atoms with Crippen LogP contribution >= 0.6 is 0 Å². The van der Waals surface area contributed by atoms with E-state index in [0.29, 0.717) is 18.8 Å². The Bertz CT molecular complexity index is 571. The van der Waals surface area contributed by atoms with Gasteiger partial charge in [0.25, 0.3) is 0 Å². The number of hydrogen-bond acceptors (Lipinski definition) is 4. The van der Waals surface area contributed by atoms with Gasteiger partial charge in [0, 0.05) is 13.1 Å². The first-order valence-corrected chi connectivity index (χ1v) is 7.32. The number of anilines is 1. The van der Waals surface area contributed by atoms with Crippen LogP contribution in [-0.4, -0.2) is 42.5 Å². The zero-order valence-corrected chi connectivity index (χ0v) is 11.7. The predicted molar refractivity (Wildman–Crippen MR) is 73.7 cm³/mol. The van der Waals surface area contributed by atoms with Crippen molar-refractivity contribution in [1.82, 2.24) is 9.29 Å². The van der Waals surface area contributed by atoms with E-state index in [-0.39, 0.29) is 12.4 Å². The van der Waals surface area contributed by atoms with E-state index in [1.807, 2.05) is 0 Å². The van der Waals surface area contributed by atoms with Crippen LogP contribution in [0, 0.1) is 11.8 Å². The Hall–Kier alpha value is -1.62. The summed E-state index contributed by atoms with van der Waals surface area (Å²) in [6, 6.07) is 4.83.